The molecule has 0 bridgehead atoms. The van der Waals surface area contributed by atoms with Crippen molar-refractivity contribution in [3.05, 3.63) is 64.4 Å². The molecule has 110 valence electrons. The van der Waals surface area contributed by atoms with E-state index < -0.39 is 6.10 Å². The molecule has 2 rings (SSSR count). The molecule has 0 aliphatic heterocycles. The van der Waals surface area contributed by atoms with Crippen molar-refractivity contribution in [1.82, 2.24) is 10.3 Å². The Morgan fingerprint density at radius 2 is 2.00 bits per heavy atom. The number of hydrogen-bond acceptors (Lipinski definition) is 3. The van der Waals surface area contributed by atoms with Gasteiger partial charge < -0.3 is 10.4 Å². The van der Waals surface area contributed by atoms with Crippen LogP contribution < -0.4 is 5.32 Å². The molecule has 0 radical (unpaired) electrons. The molecule has 0 spiro atoms. The monoisotopic (exact) mass is 348 g/mol. The number of pyridine rings is 1. The van der Waals surface area contributed by atoms with Gasteiger partial charge in [-0.1, -0.05) is 30.3 Å². The molecule has 1 aromatic heterocycles. The van der Waals surface area contributed by atoms with Crippen molar-refractivity contribution in [2.75, 3.05) is 0 Å². The summed E-state index contributed by atoms with van der Waals surface area (Å²) in [5, 5.41) is 13.0. The summed E-state index contributed by atoms with van der Waals surface area (Å²) in [5.41, 5.74) is 1.33. The van der Waals surface area contributed by atoms with Gasteiger partial charge in [0, 0.05) is 12.2 Å². The van der Waals surface area contributed by atoms with Crippen LogP contribution in [-0.4, -0.2) is 22.0 Å². The number of rotatable bonds is 5. The zero-order valence-corrected chi connectivity index (χ0v) is 13.2. The summed E-state index contributed by atoms with van der Waals surface area (Å²) < 4.78 is 0.512. The number of nitrogens with one attached hydrogen (secondary N) is 1. The van der Waals surface area contributed by atoms with Crippen molar-refractivity contribution < 1.29 is 9.90 Å². The largest absolute Gasteiger partial charge is 0.388 e. The highest BCUT2D eigenvalue weighted by Gasteiger charge is 2.16. The number of carbonyl (C=O) groups excluding carboxylic acids is 1. The average molecular weight is 349 g/mol. The van der Waals surface area contributed by atoms with Crippen LogP contribution >= 0.6 is 15.9 Å². The fourth-order valence-electron chi connectivity index (χ4n) is 2.06. The molecule has 0 aliphatic rings. The Labute approximate surface area is 132 Å². The molecule has 2 N–H and O–H groups in total. The summed E-state index contributed by atoms with van der Waals surface area (Å²) in [6.07, 6.45) is 1.47. The smallest absolute Gasteiger partial charge is 0.254 e. The standard InChI is InChI=1S/C16H17BrN2O2/c1-11(10-14(20)12-6-3-2-4-7-12)19-16(21)13-8-5-9-18-15(13)17/h2-9,11,14,20H,10H2,1H3,(H,19,21). The summed E-state index contributed by atoms with van der Waals surface area (Å²) in [5.74, 6) is -0.206. The maximum absolute atomic E-state index is 12.1. The normalized spacial score (nSPS) is 13.5. The van der Waals surface area contributed by atoms with E-state index in [0.29, 0.717) is 16.6 Å². The molecule has 0 saturated heterocycles. The lowest BCUT2D eigenvalue weighted by molar-refractivity contribution is 0.0915. The van der Waals surface area contributed by atoms with Gasteiger partial charge in [-0.15, -0.1) is 0 Å². The first-order chi connectivity index (χ1) is 10.1. The highest BCUT2D eigenvalue weighted by Crippen LogP contribution is 2.18. The number of hydrogen-bond donors (Lipinski definition) is 2. The van der Waals surface area contributed by atoms with Gasteiger partial charge in [0.2, 0.25) is 0 Å². The van der Waals surface area contributed by atoms with E-state index in [-0.39, 0.29) is 11.9 Å². The van der Waals surface area contributed by atoms with Gasteiger partial charge in [-0.3, -0.25) is 4.79 Å². The van der Waals surface area contributed by atoms with Crippen LogP contribution in [0.3, 0.4) is 0 Å². The molecule has 2 unspecified atom stereocenters. The zero-order chi connectivity index (χ0) is 15.2. The van der Waals surface area contributed by atoms with Crippen LogP contribution in [0.4, 0.5) is 0 Å². The van der Waals surface area contributed by atoms with Crippen molar-refractivity contribution in [1.29, 1.82) is 0 Å². The van der Waals surface area contributed by atoms with Gasteiger partial charge >= 0.3 is 0 Å². The van der Waals surface area contributed by atoms with Crippen LogP contribution in [0.1, 0.15) is 35.4 Å². The van der Waals surface area contributed by atoms with E-state index in [1.807, 2.05) is 37.3 Å². The predicted molar refractivity (Wildman–Crippen MR) is 84.9 cm³/mol. The first-order valence-corrected chi connectivity index (χ1v) is 7.51. The lowest BCUT2D eigenvalue weighted by atomic mass is 10.0. The summed E-state index contributed by atoms with van der Waals surface area (Å²) in [6.45, 7) is 1.87. The molecule has 0 saturated carbocycles. The van der Waals surface area contributed by atoms with Crippen molar-refractivity contribution in [3.63, 3.8) is 0 Å². The molecule has 1 aromatic carbocycles. The molecular formula is C16H17BrN2O2. The van der Waals surface area contributed by atoms with Gasteiger partial charge in [0.25, 0.3) is 5.91 Å². The summed E-state index contributed by atoms with van der Waals surface area (Å²) in [6, 6.07) is 12.7. The fraction of sp³-hybridized carbons (Fsp3) is 0.250. The average Bonchev–Trinajstić information content (AvgIpc) is 2.48. The number of carbonyl (C=O) groups is 1. The van der Waals surface area contributed by atoms with Gasteiger partial charge in [-0.25, -0.2) is 4.98 Å². The number of benzene rings is 1. The van der Waals surface area contributed by atoms with E-state index in [1.54, 1.807) is 18.3 Å². The first-order valence-electron chi connectivity index (χ1n) is 6.72. The Morgan fingerprint density at radius 1 is 1.29 bits per heavy atom. The van der Waals surface area contributed by atoms with Crippen LogP contribution in [0, 0.1) is 0 Å². The molecule has 1 amide bonds. The number of aromatic nitrogens is 1. The maximum Gasteiger partial charge on any atom is 0.254 e. The SMILES string of the molecule is CC(CC(O)c1ccccc1)NC(=O)c1cccnc1Br. The lowest BCUT2D eigenvalue weighted by Gasteiger charge is -2.18. The van der Waals surface area contributed by atoms with Crippen LogP contribution in [0.2, 0.25) is 0 Å². The van der Waals surface area contributed by atoms with E-state index in [4.69, 9.17) is 0 Å². The first kappa shape index (κ1) is 15.7. The van der Waals surface area contributed by atoms with E-state index in [9.17, 15) is 9.90 Å². The summed E-state index contributed by atoms with van der Waals surface area (Å²) in [4.78, 5) is 16.2. The quantitative estimate of drug-likeness (QED) is 0.816. The fourth-order valence-corrected chi connectivity index (χ4v) is 2.49. The third-order valence-electron chi connectivity index (χ3n) is 3.14. The van der Waals surface area contributed by atoms with Crippen molar-refractivity contribution >= 4 is 21.8 Å². The lowest BCUT2D eigenvalue weighted by Crippen LogP contribution is -2.34. The molecule has 2 aromatic rings. The second kappa shape index (κ2) is 7.33. The Morgan fingerprint density at radius 3 is 2.67 bits per heavy atom. The summed E-state index contributed by atoms with van der Waals surface area (Å²) >= 11 is 3.25. The predicted octanol–water partition coefficient (Wildman–Crippen LogP) is 3.09. The minimum Gasteiger partial charge on any atom is -0.388 e. The molecule has 0 fully saturated rings. The number of aliphatic hydroxyl groups excluding tert-OH is 1. The Bertz CT molecular complexity index is 604. The minimum atomic E-state index is -0.598. The molecule has 1 heterocycles. The van der Waals surface area contributed by atoms with Crippen LogP contribution in [0.5, 0.6) is 0 Å². The molecule has 21 heavy (non-hydrogen) atoms. The number of amides is 1. The number of halogens is 1. The topological polar surface area (TPSA) is 62.2 Å². The Kier molecular flexibility index (Phi) is 5.47. The summed E-state index contributed by atoms with van der Waals surface area (Å²) in [7, 11) is 0. The molecule has 0 aliphatic carbocycles. The van der Waals surface area contributed by atoms with Crippen molar-refractivity contribution in [2.24, 2.45) is 0 Å². The van der Waals surface area contributed by atoms with Gasteiger partial charge in [0.15, 0.2) is 0 Å². The second-order valence-corrected chi connectivity index (χ2v) is 5.63. The molecule has 5 heteroatoms. The van der Waals surface area contributed by atoms with Crippen LogP contribution in [-0.2, 0) is 0 Å². The second-order valence-electron chi connectivity index (χ2n) is 4.88. The maximum atomic E-state index is 12.1. The van der Waals surface area contributed by atoms with E-state index in [0.717, 1.165) is 5.56 Å². The highest BCUT2D eigenvalue weighted by molar-refractivity contribution is 9.10. The Balaban J connectivity index is 1.94. The molecule has 2 atom stereocenters. The molecule has 4 nitrogen and oxygen atoms in total. The highest BCUT2D eigenvalue weighted by atomic mass is 79.9. The third kappa shape index (κ3) is 4.37. The van der Waals surface area contributed by atoms with E-state index in [2.05, 4.69) is 26.2 Å². The van der Waals surface area contributed by atoms with Gasteiger partial charge in [-0.05, 0) is 47.0 Å². The van der Waals surface area contributed by atoms with Gasteiger partial charge in [0.1, 0.15) is 4.60 Å². The number of nitrogens with zero attached hydrogens (tertiary/aromatic N) is 1. The van der Waals surface area contributed by atoms with Gasteiger partial charge in [0.05, 0.1) is 11.7 Å². The van der Waals surface area contributed by atoms with Crippen molar-refractivity contribution in [3.8, 4) is 0 Å². The zero-order valence-electron chi connectivity index (χ0n) is 11.7. The van der Waals surface area contributed by atoms with Crippen LogP contribution in [0.15, 0.2) is 53.3 Å². The van der Waals surface area contributed by atoms with Crippen LogP contribution in [0.25, 0.3) is 0 Å². The minimum absolute atomic E-state index is 0.153. The van der Waals surface area contributed by atoms with E-state index in [1.165, 1.54) is 0 Å². The Hall–Kier alpha value is -1.72. The van der Waals surface area contributed by atoms with E-state index >= 15 is 0 Å². The van der Waals surface area contributed by atoms with Crippen molar-refractivity contribution in [2.45, 2.75) is 25.5 Å². The van der Waals surface area contributed by atoms with Gasteiger partial charge in [-0.2, -0.15) is 0 Å². The number of aliphatic hydroxyl groups is 1. The third-order valence-corrected chi connectivity index (χ3v) is 3.77. The molecular weight excluding hydrogens is 332 g/mol.